The fourth-order valence-corrected chi connectivity index (χ4v) is 2.54. The van der Waals surface area contributed by atoms with E-state index in [0.717, 1.165) is 4.57 Å². The second-order valence-electron chi connectivity index (χ2n) is 5.95. The molecule has 0 aliphatic heterocycles. The molecule has 0 fully saturated rings. The first-order valence-corrected chi connectivity index (χ1v) is 8.09. The van der Waals surface area contributed by atoms with Gasteiger partial charge in [0.25, 0.3) is 5.56 Å². The number of amides is 1. The molecule has 0 bridgehead atoms. The average molecular weight is 347 g/mol. The number of nitrogens with zero attached hydrogens (tertiary/aromatic N) is 1. The van der Waals surface area contributed by atoms with E-state index in [1.165, 1.54) is 0 Å². The van der Waals surface area contributed by atoms with Gasteiger partial charge in [-0.1, -0.05) is 32.4 Å². The van der Waals surface area contributed by atoms with Crippen LogP contribution in [0.5, 0.6) is 0 Å². The van der Waals surface area contributed by atoms with Crippen LogP contribution in [0.25, 0.3) is 10.9 Å². The number of nitrogens with one attached hydrogen (secondary N) is 2. The molecule has 0 radical (unpaired) electrons. The summed E-state index contributed by atoms with van der Waals surface area (Å²) in [6, 6.07) is 5.61. The number of rotatable bonds is 7. The van der Waals surface area contributed by atoms with Gasteiger partial charge < -0.3 is 15.4 Å². The molecule has 2 rings (SSSR count). The van der Waals surface area contributed by atoms with Crippen molar-refractivity contribution in [3.8, 4) is 0 Å². The molecule has 2 aromatic rings. The summed E-state index contributed by atoms with van der Waals surface area (Å²) in [6.45, 7) is 3.44. The molecule has 1 amide bonds. The lowest BCUT2D eigenvalue weighted by Gasteiger charge is -2.20. The fourth-order valence-electron chi connectivity index (χ4n) is 2.54. The SMILES string of the molecule is CCC(C)C(NC(=O)CCn1c(=O)[nH]c2ccccc2c1=O)C(=O)O. The number of aliphatic carboxylic acids is 1. The molecule has 0 saturated heterocycles. The number of carbonyl (C=O) groups is 2. The van der Waals surface area contributed by atoms with Gasteiger partial charge >= 0.3 is 11.7 Å². The zero-order valence-electron chi connectivity index (χ0n) is 14.1. The smallest absolute Gasteiger partial charge is 0.328 e. The highest BCUT2D eigenvalue weighted by Gasteiger charge is 2.25. The summed E-state index contributed by atoms with van der Waals surface area (Å²) in [6.07, 6.45) is 0.433. The van der Waals surface area contributed by atoms with Crippen LogP contribution in [-0.2, 0) is 16.1 Å². The van der Waals surface area contributed by atoms with Crippen LogP contribution in [-0.4, -0.2) is 32.6 Å². The predicted octanol–water partition coefficient (Wildman–Crippen LogP) is 0.695. The Morgan fingerprint density at radius 2 is 1.96 bits per heavy atom. The number of hydrogen-bond donors (Lipinski definition) is 3. The van der Waals surface area contributed by atoms with Gasteiger partial charge in [-0.2, -0.15) is 0 Å². The van der Waals surface area contributed by atoms with Crippen LogP contribution in [0.15, 0.2) is 33.9 Å². The Labute approximate surface area is 143 Å². The monoisotopic (exact) mass is 347 g/mol. The summed E-state index contributed by atoms with van der Waals surface area (Å²) in [5.74, 6) is -1.86. The van der Waals surface area contributed by atoms with Crippen molar-refractivity contribution in [1.29, 1.82) is 0 Å². The first-order valence-electron chi connectivity index (χ1n) is 8.09. The van der Waals surface area contributed by atoms with Crippen molar-refractivity contribution < 1.29 is 14.7 Å². The molecule has 3 N–H and O–H groups in total. The lowest BCUT2D eigenvalue weighted by molar-refractivity contribution is -0.143. The van der Waals surface area contributed by atoms with Crippen LogP contribution in [0.2, 0.25) is 0 Å². The van der Waals surface area contributed by atoms with E-state index in [1.54, 1.807) is 31.2 Å². The minimum absolute atomic E-state index is 0.127. The number of carbonyl (C=O) groups excluding carboxylic acids is 1. The van der Waals surface area contributed by atoms with E-state index in [1.807, 2.05) is 6.92 Å². The number of para-hydroxylation sites is 1. The van der Waals surface area contributed by atoms with Crippen molar-refractivity contribution in [2.45, 2.75) is 39.3 Å². The summed E-state index contributed by atoms with van der Waals surface area (Å²) in [5, 5.41) is 12.0. The second kappa shape index (κ2) is 7.78. The maximum Gasteiger partial charge on any atom is 0.328 e. The van der Waals surface area contributed by atoms with Crippen molar-refractivity contribution in [2.24, 2.45) is 5.92 Å². The maximum absolute atomic E-state index is 12.4. The molecule has 1 aromatic carbocycles. The first kappa shape index (κ1) is 18.4. The molecule has 2 unspecified atom stereocenters. The number of aromatic nitrogens is 2. The van der Waals surface area contributed by atoms with Crippen molar-refractivity contribution in [2.75, 3.05) is 0 Å². The summed E-state index contributed by atoms with van der Waals surface area (Å²) in [4.78, 5) is 50.3. The number of carboxylic acid groups (broad SMARTS) is 1. The highest BCUT2D eigenvalue weighted by molar-refractivity contribution is 5.83. The normalized spacial score (nSPS) is 13.4. The first-order chi connectivity index (χ1) is 11.8. The third kappa shape index (κ3) is 4.14. The number of carboxylic acids is 1. The van der Waals surface area contributed by atoms with Crippen LogP contribution in [0, 0.1) is 5.92 Å². The Bertz CT molecular complexity index is 899. The van der Waals surface area contributed by atoms with E-state index in [-0.39, 0.29) is 18.9 Å². The Kier molecular flexibility index (Phi) is 5.74. The Morgan fingerprint density at radius 3 is 2.60 bits per heavy atom. The van der Waals surface area contributed by atoms with Gasteiger partial charge in [0.15, 0.2) is 0 Å². The van der Waals surface area contributed by atoms with E-state index >= 15 is 0 Å². The van der Waals surface area contributed by atoms with Crippen molar-refractivity contribution in [3.63, 3.8) is 0 Å². The van der Waals surface area contributed by atoms with Gasteiger partial charge in [-0.05, 0) is 18.1 Å². The number of aromatic amines is 1. The molecule has 0 spiro atoms. The number of benzene rings is 1. The summed E-state index contributed by atoms with van der Waals surface area (Å²) >= 11 is 0. The van der Waals surface area contributed by atoms with Crippen LogP contribution in [0.1, 0.15) is 26.7 Å². The predicted molar refractivity (Wildman–Crippen MR) is 92.5 cm³/mol. The molecule has 1 aromatic heterocycles. The summed E-state index contributed by atoms with van der Waals surface area (Å²) in [7, 11) is 0. The Morgan fingerprint density at radius 1 is 1.28 bits per heavy atom. The standard InChI is InChI=1S/C17H21N3O5/c1-3-10(2)14(16(23)24)19-13(21)8-9-20-15(22)11-6-4-5-7-12(11)18-17(20)25/h4-7,10,14H,3,8-9H2,1-2H3,(H,18,25)(H,19,21)(H,23,24). The largest absolute Gasteiger partial charge is 0.480 e. The van der Waals surface area contributed by atoms with Gasteiger partial charge in [-0.3, -0.25) is 14.2 Å². The highest BCUT2D eigenvalue weighted by atomic mass is 16.4. The van der Waals surface area contributed by atoms with Gasteiger partial charge in [-0.25, -0.2) is 9.59 Å². The van der Waals surface area contributed by atoms with Crippen LogP contribution < -0.4 is 16.6 Å². The van der Waals surface area contributed by atoms with Crippen molar-refractivity contribution >= 4 is 22.8 Å². The minimum atomic E-state index is -1.11. The van der Waals surface area contributed by atoms with E-state index in [4.69, 9.17) is 0 Å². The third-order valence-electron chi connectivity index (χ3n) is 4.25. The van der Waals surface area contributed by atoms with Crippen LogP contribution >= 0.6 is 0 Å². The average Bonchev–Trinajstić information content (AvgIpc) is 2.58. The number of hydrogen-bond acceptors (Lipinski definition) is 4. The zero-order chi connectivity index (χ0) is 18.6. The Hall–Kier alpha value is -2.90. The van der Waals surface area contributed by atoms with Gasteiger partial charge in [0.05, 0.1) is 10.9 Å². The molecule has 134 valence electrons. The summed E-state index contributed by atoms with van der Waals surface area (Å²) < 4.78 is 0.945. The van der Waals surface area contributed by atoms with E-state index in [9.17, 15) is 24.3 Å². The molecule has 0 aliphatic rings. The molecule has 8 heteroatoms. The zero-order valence-corrected chi connectivity index (χ0v) is 14.1. The van der Waals surface area contributed by atoms with Crippen molar-refractivity contribution in [3.05, 3.63) is 45.1 Å². The lowest BCUT2D eigenvalue weighted by atomic mass is 9.99. The lowest BCUT2D eigenvalue weighted by Crippen LogP contribution is -2.45. The number of H-pyrrole nitrogens is 1. The molecule has 0 aliphatic carbocycles. The molecule has 2 atom stereocenters. The third-order valence-corrected chi connectivity index (χ3v) is 4.25. The molecule has 25 heavy (non-hydrogen) atoms. The fraction of sp³-hybridized carbons (Fsp3) is 0.412. The maximum atomic E-state index is 12.4. The van der Waals surface area contributed by atoms with E-state index in [2.05, 4.69) is 10.3 Å². The van der Waals surface area contributed by atoms with Gasteiger partial charge in [0.2, 0.25) is 5.91 Å². The molecule has 0 saturated carbocycles. The van der Waals surface area contributed by atoms with E-state index in [0.29, 0.717) is 17.3 Å². The molecular formula is C17H21N3O5. The number of fused-ring (bicyclic) bond motifs is 1. The molecular weight excluding hydrogens is 326 g/mol. The van der Waals surface area contributed by atoms with Crippen molar-refractivity contribution in [1.82, 2.24) is 14.9 Å². The topological polar surface area (TPSA) is 121 Å². The van der Waals surface area contributed by atoms with Crippen LogP contribution in [0.4, 0.5) is 0 Å². The van der Waals surface area contributed by atoms with Gasteiger partial charge in [0, 0.05) is 13.0 Å². The van der Waals surface area contributed by atoms with Crippen LogP contribution in [0.3, 0.4) is 0 Å². The second-order valence-corrected chi connectivity index (χ2v) is 5.95. The van der Waals surface area contributed by atoms with E-state index < -0.39 is 29.2 Å². The van der Waals surface area contributed by atoms with Gasteiger partial charge in [0.1, 0.15) is 6.04 Å². The Balaban J connectivity index is 2.15. The molecule has 1 heterocycles. The summed E-state index contributed by atoms with van der Waals surface area (Å²) in [5.41, 5.74) is -0.655. The van der Waals surface area contributed by atoms with Gasteiger partial charge in [-0.15, -0.1) is 0 Å². The minimum Gasteiger partial charge on any atom is -0.480 e. The molecule has 8 nitrogen and oxygen atoms in total. The highest BCUT2D eigenvalue weighted by Crippen LogP contribution is 2.08. The quantitative estimate of drug-likeness (QED) is 0.680.